The molecule has 15 heavy (non-hydrogen) atoms. The molecule has 2 unspecified atom stereocenters. The molecule has 0 amide bonds. The molecule has 0 aromatic heterocycles. The molecule has 0 saturated heterocycles. The summed E-state index contributed by atoms with van der Waals surface area (Å²) in [6.07, 6.45) is 0. The molecule has 1 aromatic rings. The molecule has 1 aromatic carbocycles. The van der Waals surface area contributed by atoms with Gasteiger partial charge in [0.2, 0.25) is 0 Å². The fourth-order valence-corrected chi connectivity index (χ4v) is 2.60. The molecule has 0 heterocycles. The normalized spacial score (nSPS) is 15.4. The van der Waals surface area contributed by atoms with E-state index >= 15 is 0 Å². The predicted octanol–water partition coefficient (Wildman–Crippen LogP) is 5.47. The Kier molecular flexibility index (Phi) is 4.95. The van der Waals surface area contributed by atoms with E-state index in [1.165, 1.54) is 0 Å². The maximum absolute atomic E-state index is 6.34. The fraction of sp³-hybridized carbons (Fsp3) is 0.500. The molecule has 84 valence electrons. The first-order chi connectivity index (χ1) is 6.93. The fourth-order valence-electron chi connectivity index (χ4n) is 1.62. The molecular formula is C12H15BrCl2. The van der Waals surface area contributed by atoms with E-state index in [1.54, 1.807) is 0 Å². The monoisotopic (exact) mass is 308 g/mol. The molecule has 1 rings (SSSR count). The summed E-state index contributed by atoms with van der Waals surface area (Å²) in [5, 5.41) is 0.895. The number of alkyl halides is 1. The van der Waals surface area contributed by atoms with Crippen molar-refractivity contribution in [3.05, 3.63) is 33.3 Å². The van der Waals surface area contributed by atoms with E-state index in [1.807, 2.05) is 18.2 Å². The smallest absolute Gasteiger partial charge is 0.0452 e. The van der Waals surface area contributed by atoms with Gasteiger partial charge in [0.15, 0.2) is 0 Å². The van der Waals surface area contributed by atoms with Crippen LogP contribution < -0.4 is 0 Å². The standard InChI is InChI=1S/C12H15BrCl2/c1-7(2)12(15)8(3)10-5-4-9(13)6-11(10)14/h4-8,12H,1-3H3. The van der Waals surface area contributed by atoms with Gasteiger partial charge in [-0.1, -0.05) is 54.4 Å². The van der Waals surface area contributed by atoms with E-state index in [4.69, 9.17) is 23.2 Å². The van der Waals surface area contributed by atoms with Gasteiger partial charge in [0, 0.05) is 14.9 Å². The van der Waals surface area contributed by atoms with Gasteiger partial charge in [0.1, 0.15) is 0 Å². The molecule has 0 aliphatic rings. The lowest BCUT2D eigenvalue weighted by Gasteiger charge is -2.22. The van der Waals surface area contributed by atoms with E-state index in [-0.39, 0.29) is 11.3 Å². The topological polar surface area (TPSA) is 0 Å². The minimum atomic E-state index is 0.115. The molecule has 0 aliphatic heterocycles. The summed E-state index contributed by atoms with van der Waals surface area (Å²) in [4.78, 5) is 0. The first kappa shape index (κ1) is 13.3. The minimum absolute atomic E-state index is 0.115. The lowest BCUT2D eigenvalue weighted by molar-refractivity contribution is 0.534. The van der Waals surface area contributed by atoms with Crippen LogP contribution in [0.15, 0.2) is 22.7 Å². The van der Waals surface area contributed by atoms with E-state index in [2.05, 4.69) is 36.7 Å². The van der Waals surface area contributed by atoms with Crippen LogP contribution >= 0.6 is 39.1 Å². The molecular weight excluding hydrogens is 295 g/mol. The van der Waals surface area contributed by atoms with Gasteiger partial charge in [-0.2, -0.15) is 0 Å². The second kappa shape index (κ2) is 5.56. The lowest BCUT2D eigenvalue weighted by atomic mass is 9.91. The van der Waals surface area contributed by atoms with E-state index in [0.717, 1.165) is 15.1 Å². The van der Waals surface area contributed by atoms with Crippen molar-refractivity contribution in [2.24, 2.45) is 5.92 Å². The molecule has 0 nitrogen and oxygen atoms in total. The predicted molar refractivity (Wildman–Crippen MR) is 72.0 cm³/mol. The van der Waals surface area contributed by atoms with Gasteiger partial charge in [0.05, 0.1) is 0 Å². The van der Waals surface area contributed by atoms with Gasteiger partial charge in [-0.15, -0.1) is 11.6 Å². The van der Waals surface area contributed by atoms with Crippen molar-refractivity contribution in [1.29, 1.82) is 0 Å². The van der Waals surface area contributed by atoms with Crippen LogP contribution in [-0.2, 0) is 0 Å². The average molecular weight is 310 g/mol. The van der Waals surface area contributed by atoms with Crippen molar-refractivity contribution >= 4 is 39.1 Å². The first-order valence-electron chi connectivity index (χ1n) is 5.02. The Labute approximate surface area is 110 Å². The zero-order valence-corrected chi connectivity index (χ0v) is 12.2. The quantitative estimate of drug-likeness (QED) is 0.649. The Hall–Kier alpha value is 0.280. The van der Waals surface area contributed by atoms with Crippen molar-refractivity contribution in [3.63, 3.8) is 0 Å². The minimum Gasteiger partial charge on any atom is -0.122 e. The van der Waals surface area contributed by atoms with Crippen LogP contribution in [0.3, 0.4) is 0 Å². The summed E-state index contributed by atoms with van der Waals surface area (Å²) in [7, 11) is 0. The summed E-state index contributed by atoms with van der Waals surface area (Å²) >= 11 is 15.9. The molecule has 0 saturated carbocycles. The molecule has 0 bridgehead atoms. The summed E-state index contributed by atoms with van der Waals surface area (Å²) in [6, 6.07) is 5.95. The van der Waals surface area contributed by atoms with Crippen molar-refractivity contribution in [2.75, 3.05) is 0 Å². The van der Waals surface area contributed by atoms with E-state index < -0.39 is 0 Å². The number of hydrogen-bond donors (Lipinski definition) is 0. The van der Waals surface area contributed by atoms with Crippen molar-refractivity contribution in [1.82, 2.24) is 0 Å². The third kappa shape index (κ3) is 3.37. The zero-order chi connectivity index (χ0) is 11.6. The largest absolute Gasteiger partial charge is 0.122 e. The van der Waals surface area contributed by atoms with Gasteiger partial charge in [-0.3, -0.25) is 0 Å². The summed E-state index contributed by atoms with van der Waals surface area (Å²) in [5.74, 6) is 0.716. The molecule has 0 fully saturated rings. The van der Waals surface area contributed by atoms with E-state index in [9.17, 15) is 0 Å². The van der Waals surface area contributed by atoms with Crippen LogP contribution in [0.2, 0.25) is 5.02 Å². The second-order valence-electron chi connectivity index (χ2n) is 4.14. The highest BCUT2D eigenvalue weighted by Crippen LogP contribution is 2.34. The lowest BCUT2D eigenvalue weighted by Crippen LogP contribution is -2.16. The number of rotatable bonds is 3. The van der Waals surface area contributed by atoms with Crippen LogP contribution in [-0.4, -0.2) is 5.38 Å². The van der Waals surface area contributed by atoms with Crippen molar-refractivity contribution in [3.8, 4) is 0 Å². The molecule has 0 spiro atoms. The molecule has 0 radical (unpaired) electrons. The Morgan fingerprint density at radius 2 is 1.80 bits per heavy atom. The van der Waals surface area contributed by atoms with Gasteiger partial charge in [0.25, 0.3) is 0 Å². The van der Waals surface area contributed by atoms with Gasteiger partial charge in [-0.25, -0.2) is 0 Å². The Morgan fingerprint density at radius 3 is 2.27 bits per heavy atom. The van der Waals surface area contributed by atoms with Gasteiger partial charge in [-0.05, 0) is 29.5 Å². The van der Waals surface area contributed by atoms with Crippen LogP contribution in [0.25, 0.3) is 0 Å². The van der Waals surface area contributed by atoms with Crippen LogP contribution in [0.1, 0.15) is 32.3 Å². The number of benzene rings is 1. The van der Waals surface area contributed by atoms with Crippen LogP contribution in [0.4, 0.5) is 0 Å². The molecule has 0 N–H and O–H groups in total. The summed E-state index contributed by atoms with van der Waals surface area (Å²) < 4.78 is 0.999. The average Bonchev–Trinajstić information content (AvgIpc) is 2.15. The molecule has 0 aliphatic carbocycles. The third-order valence-corrected chi connectivity index (χ3v) is 4.27. The number of hydrogen-bond acceptors (Lipinski definition) is 0. The third-order valence-electron chi connectivity index (χ3n) is 2.57. The van der Waals surface area contributed by atoms with Crippen LogP contribution in [0.5, 0.6) is 0 Å². The maximum Gasteiger partial charge on any atom is 0.0452 e. The molecule has 3 heteroatoms. The summed E-state index contributed by atoms with van der Waals surface area (Å²) in [5.41, 5.74) is 1.12. The van der Waals surface area contributed by atoms with Gasteiger partial charge < -0.3 is 0 Å². The van der Waals surface area contributed by atoms with Gasteiger partial charge >= 0.3 is 0 Å². The Bertz CT molecular complexity index is 336. The van der Waals surface area contributed by atoms with E-state index in [0.29, 0.717) is 5.92 Å². The van der Waals surface area contributed by atoms with Crippen molar-refractivity contribution < 1.29 is 0 Å². The highest BCUT2D eigenvalue weighted by molar-refractivity contribution is 9.10. The second-order valence-corrected chi connectivity index (χ2v) is 5.97. The maximum atomic E-state index is 6.34. The molecule has 2 atom stereocenters. The Morgan fingerprint density at radius 1 is 1.20 bits per heavy atom. The van der Waals surface area contributed by atoms with Crippen molar-refractivity contribution in [2.45, 2.75) is 32.1 Å². The summed E-state index contributed by atoms with van der Waals surface area (Å²) in [6.45, 7) is 6.37. The first-order valence-corrected chi connectivity index (χ1v) is 6.63. The number of halogens is 3. The van der Waals surface area contributed by atoms with Crippen LogP contribution in [0, 0.1) is 5.92 Å². The highest BCUT2D eigenvalue weighted by atomic mass is 79.9. The zero-order valence-electron chi connectivity index (χ0n) is 9.10. The SMILES string of the molecule is CC(C)C(Cl)C(C)c1ccc(Br)cc1Cl. The highest BCUT2D eigenvalue weighted by Gasteiger charge is 2.21. The Balaban J connectivity index is 2.96.